The van der Waals surface area contributed by atoms with Crippen molar-refractivity contribution in [3.63, 3.8) is 0 Å². The quantitative estimate of drug-likeness (QED) is 0.764. The molecule has 0 bridgehead atoms. The fourth-order valence-electron chi connectivity index (χ4n) is 2.34. The number of rotatable bonds is 6. The van der Waals surface area contributed by atoms with E-state index in [1.54, 1.807) is 0 Å². The summed E-state index contributed by atoms with van der Waals surface area (Å²) < 4.78 is 28.2. The van der Waals surface area contributed by atoms with Crippen LogP contribution in [0.1, 0.15) is 46.5 Å². The van der Waals surface area contributed by atoms with E-state index in [2.05, 4.69) is 4.72 Å². The molecule has 1 saturated heterocycles. The van der Waals surface area contributed by atoms with Gasteiger partial charge in [0.05, 0.1) is 6.10 Å². The van der Waals surface area contributed by atoms with E-state index >= 15 is 0 Å². The highest BCUT2D eigenvalue weighted by molar-refractivity contribution is 7.87. The van der Waals surface area contributed by atoms with E-state index in [-0.39, 0.29) is 12.6 Å². The Morgan fingerprint density at radius 1 is 1.39 bits per heavy atom. The highest BCUT2D eigenvalue weighted by Gasteiger charge is 2.29. The maximum absolute atomic E-state index is 12.1. The van der Waals surface area contributed by atoms with Gasteiger partial charge < -0.3 is 5.11 Å². The van der Waals surface area contributed by atoms with Gasteiger partial charge in [-0.25, -0.2) is 0 Å². The molecule has 0 aliphatic carbocycles. The number of hydrogen-bond donors (Lipinski definition) is 2. The van der Waals surface area contributed by atoms with Crippen molar-refractivity contribution in [1.82, 2.24) is 9.03 Å². The standard InChI is InChI=1S/C12H26N2O3S/c1-10(2)8-12(15)9-13-18(16,17)14-7-5-4-6-11(14)3/h10-13,15H,4-9H2,1-3H3. The molecular weight excluding hydrogens is 252 g/mol. The monoisotopic (exact) mass is 278 g/mol. The minimum Gasteiger partial charge on any atom is -0.392 e. The van der Waals surface area contributed by atoms with Crippen molar-refractivity contribution >= 4 is 10.2 Å². The van der Waals surface area contributed by atoms with Crippen molar-refractivity contribution in [3.8, 4) is 0 Å². The Labute approximate surface area is 111 Å². The average Bonchev–Trinajstić information content (AvgIpc) is 2.26. The van der Waals surface area contributed by atoms with Crippen LogP contribution in [0.3, 0.4) is 0 Å². The maximum Gasteiger partial charge on any atom is 0.279 e. The summed E-state index contributed by atoms with van der Waals surface area (Å²) in [5, 5.41) is 9.70. The summed E-state index contributed by atoms with van der Waals surface area (Å²) in [6.07, 6.45) is 2.91. The summed E-state index contributed by atoms with van der Waals surface area (Å²) in [5.74, 6) is 0.360. The molecule has 5 nitrogen and oxygen atoms in total. The molecule has 0 aromatic rings. The van der Waals surface area contributed by atoms with E-state index in [0.717, 1.165) is 19.3 Å². The molecule has 0 radical (unpaired) electrons. The molecular formula is C12H26N2O3S. The Morgan fingerprint density at radius 3 is 2.61 bits per heavy atom. The van der Waals surface area contributed by atoms with E-state index in [4.69, 9.17) is 0 Å². The van der Waals surface area contributed by atoms with Gasteiger partial charge in [0.1, 0.15) is 0 Å². The normalized spacial score (nSPS) is 24.4. The zero-order valence-corrected chi connectivity index (χ0v) is 12.4. The lowest BCUT2D eigenvalue weighted by molar-refractivity contribution is 0.151. The molecule has 0 aromatic heterocycles. The van der Waals surface area contributed by atoms with Gasteiger partial charge in [-0.3, -0.25) is 0 Å². The molecule has 2 atom stereocenters. The van der Waals surface area contributed by atoms with Crippen LogP contribution in [0.4, 0.5) is 0 Å². The first kappa shape index (κ1) is 15.9. The van der Waals surface area contributed by atoms with Crippen LogP contribution in [0.25, 0.3) is 0 Å². The highest BCUT2D eigenvalue weighted by Crippen LogP contribution is 2.19. The summed E-state index contributed by atoms with van der Waals surface area (Å²) in [7, 11) is -3.44. The summed E-state index contributed by atoms with van der Waals surface area (Å²) in [6.45, 7) is 6.62. The number of aliphatic hydroxyl groups is 1. The number of nitrogens with one attached hydrogen (secondary N) is 1. The van der Waals surface area contributed by atoms with Gasteiger partial charge in [-0.1, -0.05) is 20.3 Å². The Balaban J connectivity index is 2.48. The van der Waals surface area contributed by atoms with Gasteiger partial charge in [-0.15, -0.1) is 0 Å². The Hall–Kier alpha value is -0.170. The van der Waals surface area contributed by atoms with E-state index < -0.39 is 16.3 Å². The molecule has 2 unspecified atom stereocenters. The van der Waals surface area contributed by atoms with Gasteiger partial charge in [0.15, 0.2) is 0 Å². The van der Waals surface area contributed by atoms with Crippen molar-refractivity contribution in [2.24, 2.45) is 5.92 Å². The molecule has 1 aliphatic heterocycles. The van der Waals surface area contributed by atoms with Gasteiger partial charge in [-0.05, 0) is 32.1 Å². The van der Waals surface area contributed by atoms with Crippen LogP contribution >= 0.6 is 0 Å². The minimum absolute atomic E-state index is 0.0542. The summed E-state index contributed by atoms with van der Waals surface area (Å²) in [5.41, 5.74) is 0. The number of aliphatic hydroxyl groups excluding tert-OH is 1. The zero-order chi connectivity index (χ0) is 13.8. The molecule has 0 saturated carbocycles. The summed E-state index contributed by atoms with van der Waals surface area (Å²) >= 11 is 0. The third-order valence-corrected chi connectivity index (χ3v) is 4.99. The Bertz CT molecular complexity index is 343. The maximum atomic E-state index is 12.1. The predicted octanol–water partition coefficient (Wildman–Crippen LogP) is 1.10. The first-order chi connectivity index (χ1) is 8.33. The van der Waals surface area contributed by atoms with E-state index in [1.807, 2.05) is 20.8 Å². The smallest absolute Gasteiger partial charge is 0.279 e. The molecule has 0 spiro atoms. The third kappa shape index (κ3) is 4.84. The van der Waals surface area contributed by atoms with Crippen molar-refractivity contribution in [1.29, 1.82) is 0 Å². The fraction of sp³-hybridized carbons (Fsp3) is 1.00. The van der Waals surface area contributed by atoms with Crippen LogP contribution in [0, 0.1) is 5.92 Å². The number of nitrogens with zero attached hydrogens (tertiary/aromatic N) is 1. The van der Waals surface area contributed by atoms with Crippen LogP contribution in [0.5, 0.6) is 0 Å². The third-order valence-electron chi connectivity index (χ3n) is 3.30. The molecule has 18 heavy (non-hydrogen) atoms. The molecule has 2 N–H and O–H groups in total. The molecule has 108 valence electrons. The van der Waals surface area contributed by atoms with E-state index in [1.165, 1.54) is 4.31 Å². The Kier molecular flexibility index (Phi) is 6.04. The molecule has 1 heterocycles. The van der Waals surface area contributed by atoms with Crippen LogP contribution in [0.15, 0.2) is 0 Å². The molecule has 0 amide bonds. The van der Waals surface area contributed by atoms with Crippen molar-refractivity contribution in [3.05, 3.63) is 0 Å². The van der Waals surface area contributed by atoms with E-state index in [9.17, 15) is 13.5 Å². The molecule has 1 fully saturated rings. The lowest BCUT2D eigenvalue weighted by Gasteiger charge is -2.32. The van der Waals surface area contributed by atoms with Gasteiger partial charge in [0, 0.05) is 19.1 Å². The highest BCUT2D eigenvalue weighted by atomic mass is 32.2. The summed E-state index contributed by atoms with van der Waals surface area (Å²) in [6, 6.07) is 0.0542. The molecule has 1 rings (SSSR count). The number of piperidine rings is 1. The van der Waals surface area contributed by atoms with Gasteiger partial charge in [0.25, 0.3) is 10.2 Å². The first-order valence-corrected chi connectivity index (χ1v) is 8.21. The van der Waals surface area contributed by atoms with E-state index in [0.29, 0.717) is 18.9 Å². The van der Waals surface area contributed by atoms with Crippen LogP contribution < -0.4 is 4.72 Å². The molecule has 1 aliphatic rings. The summed E-state index contributed by atoms with van der Waals surface area (Å²) in [4.78, 5) is 0. The Morgan fingerprint density at radius 2 is 2.06 bits per heavy atom. The molecule has 0 aromatic carbocycles. The average molecular weight is 278 g/mol. The van der Waals surface area contributed by atoms with Crippen molar-refractivity contribution in [2.45, 2.75) is 58.6 Å². The van der Waals surface area contributed by atoms with Crippen LogP contribution in [-0.4, -0.2) is 43.1 Å². The zero-order valence-electron chi connectivity index (χ0n) is 11.6. The lowest BCUT2D eigenvalue weighted by Crippen LogP contribution is -2.49. The van der Waals surface area contributed by atoms with Gasteiger partial charge >= 0.3 is 0 Å². The molecule has 6 heteroatoms. The van der Waals surface area contributed by atoms with Crippen molar-refractivity contribution < 1.29 is 13.5 Å². The fourth-order valence-corrected chi connectivity index (χ4v) is 3.86. The van der Waals surface area contributed by atoms with Crippen LogP contribution in [-0.2, 0) is 10.2 Å². The SMILES string of the molecule is CC(C)CC(O)CNS(=O)(=O)N1CCCCC1C. The first-order valence-electron chi connectivity index (χ1n) is 6.77. The minimum atomic E-state index is -3.44. The van der Waals surface area contributed by atoms with Crippen molar-refractivity contribution in [2.75, 3.05) is 13.1 Å². The van der Waals surface area contributed by atoms with Gasteiger partial charge in [0.2, 0.25) is 0 Å². The topological polar surface area (TPSA) is 69.6 Å². The number of hydrogen-bond acceptors (Lipinski definition) is 3. The lowest BCUT2D eigenvalue weighted by atomic mass is 10.1. The van der Waals surface area contributed by atoms with Crippen LogP contribution in [0.2, 0.25) is 0 Å². The second-order valence-electron chi connectivity index (χ2n) is 5.59. The predicted molar refractivity (Wildman–Crippen MR) is 72.4 cm³/mol. The largest absolute Gasteiger partial charge is 0.392 e. The second kappa shape index (κ2) is 6.84. The van der Waals surface area contributed by atoms with Gasteiger partial charge in [-0.2, -0.15) is 17.4 Å². The second-order valence-corrected chi connectivity index (χ2v) is 7.30.